The summed E-state index contributed by atoms with van der Waals surface area (Å²) in [4.78, 5) is 8.52. The lowest BCUT2D eigenvalue weighted by molar-refractivity contribution is 0.843. The summed E-state index contributed by atoms with van der Waals surface area (Å²) in [7, 11) is 0. The van der Waals surface area contributed by atoms with Crippen molar-refractivity contribution < 1.29 is 0 Å². The van der Waals surface area contributed by atoms with Gasteiger partial charge in [0.1, 0.15) is 10.9 Å². The van der Waals surface area contributed by atoms with Gasteiger partial charge in [0.25, 0.3) is 0 Å². The molecule has 0 aliphatic rings. The molecule has 0 unspecified atom stereocenters. The van der Waals surface area contributed by atoms with Crippen LogP contribution in [-0.2, 0) is 13.0 Å². The van der Waals surface area contributed by atoms with Crippen LogP contribution >= 0.6 is 11.8 Å². The summed E-state index contributed by atoms with van der Waals surface area (Å²) in [6.45, 7) is 2.56. The Bertz CT molecular complexity index is 262. The molecule has 0 bridgehead atoms. The van der Waals surface area contributed by atoms with E-state index in [-0.39, 0.29) is 0 Å². The van der Waals surface area contributed by atoms with Crippen molar-refractivity contribution >= 4 is 11.8 Å². The largest absolute Gasteiger partial charge is 0.326 e. The second-order valence-corrected chi connectivity index (χ2v) is 3.17. The molecule has 0 aliphatic heterocycles. The van der Waals surface area contributed by atoms with Crippen LogP contribution in [0.1, 0.15) is 18.3 Å². The molecule has 0 radical (unpaired) electrons. The Morgan fingerprint density at radius 2 is 2.33 bits per heavy atom. The maximum atomic E-state index is 5.52. The topological polar surface area (TPSA) is 51.8 Å². The lowest BCUT2D eigenvalue weighted by atomic mass is 10.3. The summed E-state index contributed by atoms with van der Waals surface area (Å²) in [6.07, 6.45) is 4.69. The first-order valence-corrected chi connectivity index (χ1v) is 5.13. The van der Waals surface area contributed by atoms with E-state index in [9.17, 15) is 0 Å². The van der Waals surface area contributed by atoms with Crippen LogP contribution in [0.25, 0.3) is 0 Å². The van der Waals surface area contributed by atoms with E-state index in [0.717, 1.165) is 22.8 Å². The van der Waals surface area contributed by atoms with E-state index >= 15 is 0 Å². The van der Waals surface area contributed by atoms with Gasteiger partial charge in [-0.1, -0.05) is 6.92 Å². The minimum Gasteiger partial charge on any atom is -0.326 e. The van der Waals surface area contributed by atoms with Crippen molar-refractivity contribution in [3.8, 4) is 0 Å². The quantitative estimate of drug-likeness (QED) is 0.565. The molecule has 0 atom stereocenters. The molecule has 1 rings (SSSR count). The highest BCUT2D eigenvalue weighted by Gasteiger charge is 2.02. The van der Waals surface area contributed by atoms with Crippen LogP contribution in [0.4, 0.5) is 0 Å². The molecule has 1 aromatic heterocycles. The minimum absolute atomic E-state index is 0.514. The Labute approximate surface area is 76.8 Å². The summed E-state index contributed by atoms with van der Waals surface area (Å²) in [5.74, 6) is 0.886. The molecule has 0 saturated carbocycles. The third kappa shape index (κ3) is 1.95. The standard InChI is InChI=1S/C8H13N3S/c1-3-7-10-5-6(4-9)8(11-7)12-2/h5H,3-4,9H2,1-2H3. The number of aromatic nitrogens is 2. The van der Waals surface area contributed by atoms with E-state index in [0.29, 0.717) is 6.54 Å². The number of nitrogens with zero attached hydrogens (tertiary/aromatic N) is 2. The van der Waals surface area contributed by atoms with Crippen LogP contribution in [0.15, 0.2) is 11.2 Å². The average molecular weight is 183 g/mol. The number of nitrogens with two attached hydrogens (primary N) is 1. The van der Waals surface area contributed by atoms with Crippen LogP contribution in [0.2, 0.25) is 0 Å². The zero-order valence-electron chi connectivity index (χ0n) is 7.37. The highest BCUT2D eigenvalue weighted by Crippen LogP contribution is 2.16. The van der Waals surface area contributed by atoms with Gasteiger partial charge in [-0.3, -0.25) is 0 Å². The van der Waals surface area contributed by atoms with E-state index in [2.05, 4.69) is 9.97 Å². The smallest absolute Gasteiger partial charge is 0.129 e. The number of rotatable bonds is 3. The molecule has 66 valence electrons. The fourth-order valence-electron chi connectivity index (χ4n) is 0.913. The van der Waals surface area contributed by atoms with E-state index in [1.807, 2.05) is 19.4 Å². The van der Waals surface area contributed by atoms with Gasteiger partial charge in [-0.05, 0) is 6.26 Å². The summed E-state index contributed by atoms with van der Waals surface area (Å²) in [6, 6.07) is 0. The molecule has 4 heteroatoms. The van der Waals surface area contributed by atoms with Crippen molar-refractivity contribution in [2.45, 2.75) is 24.9 Å². The molecule has 0 aliphatic carbocycles. The van der Waals surface area contributed by atoms with Gasteiger partial charge < -0.3 is 5.73 Å². The third-order valence-electron chi connectivity index (χ3n) is 1.60. The van der Waals surface area contributed by atoms with Crippen molar-refractivity contribution in [3.05, 3.63) is 17.6 Å². The number of hydrogen-bond donors (Lipinski definition) is 1. The molecule has 0 fully saturated rings. The van der Waals surface area contributed by atoms with Crippen LogP contribution < -0.4 is 5.73 Å². The monoisotopic (exact) mass is 183 g/mol. The van der Waals surface area contributed by atoms with Crippen molar-refractivity contribution in [2.24, 2.45) is 5.73 Å². The van der Waals surface area contributed by atoms with Gasteiger partial charge in [0, 0.05) is 24.7 Å². The molecule has 1 heterocycles. The van der Waals surface area contributed by atoms with E-state index < -0.39 is 0 Å². The summed E-state index contributed by atoms with van der Waals surface area (Å²) >= 11 is 1.62. The molecule has 2 N–H and O–H groups in total. The zero-order valence-corrected chi connectivity index (χ0v) is 8.19. The molecular weight excluding hydrogens is 170 g/mol. The molecule has 1 aromatic rings. The fraction of sp³-hybridized carbons (Fsp3) is 0.500. The highest BCUT2D eigenvalue weighted by atomic mass is 32.2. The van der Waals surface area contributed by atoms with Crippen LogP contribution in [0, 0.1) is 0 Å². The van der Waals surface area contributed by atoms with Gasteiger partial charge in [-0.25, -0.2) is 9.97 Å². The summed E-state index contributed by atoms with van der Waals surface area (Å²) < 4.78 is 0. The van der Waals surface area contributed by atoms with Crippen LogP contribution in [-0.4, -0.2) is 16.2 Å². The third-order valence-corrected chi connectivity index (χ3v) is 2.34. The lowest BCUT2D eigenvalue weighted by Crippen LogP contribution is -2.03. The first-order chi connectivity index (χ1) is 5.81. The number of hydrogen-bond acceptors (Lipinski definition) is 4. The summed E-state index contributed by atoms with van der Waals surface area (Å²) in [5.41, 5.74) is 6.55. The van der Waals surface area contributed by atoms with E-state index in [4.69, 9.17) is 5.73 Å². The Morgan fingerprint density at radius 1 is 1.58 bits per heavy atom. The van der Waals surface area contributed by atoms with Gasteiger partial charge in [-0.15, -0.1) is 11.8 Å². The lowest BCUT2D eigenvalue weighted by Gasteiger charge is -2.04. The van der Waals surface area contributed by atoms with Crippen LogP contribution in [0.5, 0.6) is 0 Å². The van der Waals surface area contributed by atoms with Crippen LogP contribution in [0.3, 0.4) is 0 Å². The SMILES string of the molecule is CCc1ncc(CN)c(SC)n1. The Kier molecular flexibility index (Phi) is 3.49. The first-order valence-electron chi connectivity index (χ1n) is 3.90. The molecule has 0 spiro atoms. The molecule has 0 amide bonds. The first kappa shape index (κ1) is 9.48. The van der Waals surface area contributed by atoms with Crippen molar-refractivity contribution in [1.82, 2.24) is 9.97 Å². The molecule has 0 saturated heterocycles. The maximum absolute atomic E-state index is 5.52. The second kappa shape index (κ2) is 4.42. The molecule has 3 nitrogen and oxygen atoms in total. The van der Waals surface area contributed by atoms with Gasteiger partial charge >= 0.3 is 0 Å². The zero-order chi connectivity index (χ0) is 8.97. The highest BCUT2D eigenvalue weighted by molar-refractivity contribution is 7.98. The van der Waals surface area contributed by atoms with Gasteiger partial charge in [0.2, 0.25) is 0 Å². The number of thioether (sulfide) groups is 1. The predicted molar refractivity (Wildman–Crippen MR) is 51.1 cm³/mol. The second-order valence-electron chi connectivity index (χ2n) is 2.38. The number of aryl methyl sites for hydroxylation is 1. The predicted octanol–water partition coefficient (Wildman–Crippen LogP) is 1.22. The Morgan fingerprint density at radius 3 is 2.83 bits per heavy atom. The fourth-order valence-corrected chi connectivity index (χ4v) is 1.51. The van der Waals surface area contributed by atoms with E-state index in [1.165, 1.54) is 0 Å². The maximum Gasteiger partial charge on any atom is 0.129 e. The Balaban J connectivity index is 3.02. The Hall–Kier alpha value is -0.610. The van der Waals surface area contributed by atoms with Crippen molar-refractivity contribution in [1.29, 1.82) is 0 Å². The van der Waals surface area contributed by atoms with Gasteiger partial charge in [0.15, 0.2) is 0 Å². The normalized spacial score (nSPS) is 10.2. The van der Waals surface area contributed by atoms with Gasteiger partial charge in [0.05, 0.1) is 0 Å². The molecule has 12 heavy (non-hydrogen) atoms. The van der Waals surface area contributed by atoms with Crippen molar-refractivity contribution in [2.75, 3.05) is 6.26 Å². The van der Waals surface area contributed by atoms with Crippen molar-refractivity contribution in [3.63, 3.8) is 0 Å². The van der Waals surface area contributed by atoms with E-state index in [1.54, 1.807) is 11.8 Å². The minimum atomic E-state index is 0.514. The van der Waals surface area contributed by atoms with Gasteiger partial charge in [-0.2, -0.15) is 0 Å². The molecule has 0 aromatic carbocycles. The average Bonchev–Trinajstić information content (AvgIpc) is 2.16. The molecular formula is C8H13N3S. The summed E-state index contributed by atoms with van der Waals surface area (Å²) in [5, 5.41) is 1.00.